The molecule has 1 atom stereocenters. The highest BCUT2D eigenvalue weighted by molar-refractivity contribution is 5.73. The van der Waals surface area contributed by atoms with Crippen molar-refractivity contribution in [1.82, 2.24) is 10.6 Å². The van der Waals surface area contributed by atoms with Gasteiger partial charge in [-0.1, -0.05) is 29.8 Å². The first-order valence-electron chi connectivity index (χ1n) is 5.83. The Balaban J connectivity index is 2.19. The molecular weight excluding hydrogens is 216 g/mol. The van der Waals surface area contributed by atoms with Gasteiger partial charge < -0.3 is 15.7 Å². The Labute approximate surface area is 102 Å². The Hall–Kier alpha value is -1.55. The Morgan fingerprint density at radius 1 is 1.29 bits per heavy atom. The number of benzene rings is 1. The van der Waals surface area contributed by atoms with Crippen LogP contribution < -0.4 is 10.6 Å². The van der Waals surface area contributed by atoms with Gasteiger partial charge in [-0.15, -0.1) is 0 Å². The van der Waals surface area contributed by atoms with E-state index in [2.05, 4.69) is 34.9 Å². The van der Waals surface area contributed by atoms with Crippen molar-refractivity contribution in [3.05, 3.63) is 35.4 Å². The van der Waals surface area contributed by atoms with Crippen LogP contribution in [0.3, 0.4) is 0 Å². The monoisotopic (exact) mass is 236 g/mol. The number of rotatable bonds is 5. The number of carbonyl (C=O) groups excluding carboxylic acids is 1. The van der Waals surface area contributed by atoms with Gasteiger partial charge in [-0.2, -0.15) is 0 Å². The lowest BCUT2D eigenvalue weighted by Gasteiger charge is -2.09. The molecule has 3 N–H and O–H groups in total. The van der Waals surface area contributed by atoms with Gasteiger partial charge in [0.15, 0.2) is 0 Å². The molecule has 1 rings (SSSR count). The molecule has 0 radical (unpaired) electrons. The van der Waals surface area contributed by atoms with Gasteiger partial charge in [0, 0.05) is 13.1 Å². The number of hydrogen-bond donors (Lipinski definition) is 3. The molecule has 0 aromatic heterocycles. The summed E-state index contributed by atoms with van der Waals surface area (Å²) in [6, 6.07) is 8.00. The maximum Gasteiger partial charge on any atom is 0.314 e. The van der Waals surface area contributed by atoms with Gasteiger partial charge in [0.1, 0.15) is 0 Å². The van der Waals surface area contributed by atoms with Crippen LogP contribution in [0.25, 0.3) is 0 Å². The summed E-state index contributed by atoms with van der Waals surface area (Å²) in [6.07, 6.45) is 0.292. The lowest BCUT2D eigenvalue weighted by Crippen LogP contribution is -2.39. The van der Waals surface area contributed by atoms with Crippen LogP contribution in [-0.2, 0) is 6.42 Å². The van der Waals surface area contributed by atoms with E-state index in [9.17, 15) is 4.79 Å². The largest absolute Gasteiger partial charge is 0.392 e. The van der Waals surface area contributed by atoms with Crippen molar-refractivity contribution in [3.8, 4) is 0 Å². The number of hydrogen-bond acceptors (Lipinski definition) is 2. The molecular formula is C13H20N2O2. The lowest BCUT2D eigenvalue weighted by molar-refractivity contribution is 0.187. The molecule has 0 heterocycles. The summed E-state index contributed by atoms with van der Waals surface area (Å²) in [5, 5.41) is 14.3. The molecule has 0 spiro atoms. The molecule has 0 aliphatic rings. The lowest BCUT2D eigenvalue weighted by atomic mass is 10.1. The summed E-state index contributed by atoms with van der Waals surface area (Å²) in [5.74, 6) is 0. The summed E-state index contributed by atoms with van der Waals surface area (Å²) in [6.45, 7) is 4.54. The van der Waals surface area contributed by atoms with Crippen LogP contribution >= 0.6 is 0 Å². The van der Waals surface area contributed by atoms with Crippen molar-refractivity contribution >= 4 is 6.03 Å². The molecule has 1 aromatic carbocycles. The Morgan fingerprint density at radius 3 is 2.53 bits per heavy atom. The number of nitrogens with one attached hydrogen (secondary N) is 2. The van der Waals surface area contributed by atoms with E-state index >= 15 is 0 Å². The minimum absolute atomic E-state index is 0.238. The molecule has 0 aliphatic carbocycles. The van der Waals surface area contributed by atoms with Crippen LogP contribution in [0.2, 0.25) is 0 Å². The van der Waals surface area contributed by atoms with E-state index in [0.29, 0.717) is 6.54 Å². The molecule has 1 unspecified atom stereocenters. The second kappa shape index (κ2) is 6.91. The van der Waals surface area contributed by atoms with E-state index in [1.54, 1.807) is 6.92 Å². The van der Waals surface area contributed by atoms with Crippen molar-refractivity contribution in [1.29, 1.82) is 0 Å². The summed E-state index contributed by atoms with van der Waals surface area (Å²) in [5.41, 5.74) is 2.43. The predicted octanol–water partition coefficient (Wildman–Crippen LogP) is 1.22. The zero-order chi connectivity index (χ0) is 12.7. The van der Waals surface area contributed by atoms with E-state index in [-0.39, 0.29) is 12.6 Å². The SMILES string of the molecule is Cc1ccc(CCNC(=O)NCC(C)O)cc1. The average molecular weight is 236 g/mol. The number of carbonyl (C=O) groups is 1. The van der Waals surface area contributed by atoms with E-state index < -0.39 is 6.10 Å². The zero-order valence-electron chi connectivity index (χ0n) is 10.4. The fourth-order valence-corrected chi connectivity index (χ4v) is 1.38. The van der Waals surface area contributed by atoms with Crippen molar-refractivity contribution in [3.63, 3.8) is 0 Å². The maximum absolute atomic E-state index is 11.3. The molecule has 4 nitrogen and oxygen atoms in total. The van der Waals surface area contributed by atoms with Gasteiger partial charge in [-0.3, -0.25) is 0 Å². The average Bonchev–Trinajstić information content (AvgIpc) is 2.29. The van der Waals surface area contributed by atoms with Crippen LogP contribution in [0.1, 0.15) is 18.1 Å². The molecule has 0 fully saturated rings. The fourth-order valence-electron chi connectivity index (χ4n) is 1.38. The summed E-state index contributed by atoms with van der Waals surface area (Å²) < 4.78 is 0. The molecule has 0 saturated heterocycles. The number of aliphatic hydroxyl groups excluding tert-OH is 1. The molecule has 0 saturated carbocycles. The van der Waals surface area contributed by atoms with Gasteiger partial charge in [0.25, 0.3) is 0 Å². The second-order valence-corrected chi connectivity index (χ2v) is 4.22. The van der Waals surface area contributed by atoms with Crippen LogP contribution in [0.5, 0.6) is 0 Å². The molecule has 4 heteroatoms. The topological polar surface area (TPSA) is 61.4 Å². The minimum Gasteiger partial charge on any atom is -0.392 e. The van der Waals surface area contributed by atoms with Crippen LogP contribution in [-0.4, -0.2) is 30.3 Å². The van der Waals surface area contributed by atoms with Crippen molar-refractivity contribution in [2.45, 2.75) is 26.4 Å². The number of amides is 2. The standard InChI is InChI=1S/C13H20N2O2/c1-10-3-5-12(6-4-10)7-8-14-13(17)15-9-11(2)16/h3-6,11,16H,7-9H2,1-2H3,(H2,14,15,17). The summed E-state index contributed by atoms with van der Waals surface area (Å²) >= 11 is 0. The van der Waals surface area contributed by atoms with E-state index in [1.165, 1.54) is 11.1 Å². The molecule has 17 heavy (non-hydrogen) atoms. The predicted molar refractivity (Wildman–Crippen MR) is 68.0 cm³/mol. The summed E-state index contributed by atoms with van der Waals surface area (Å²) in [7, 11) is 0. The highest BCUT2D eigenvalue weighted by atomic mass is 16.3. The number of aliphatic hydroxyl groups is 1. The molecule has 0 bridgehead atoms. The molecule has 1 aromatic rings. The quantitative estimate of drug-likeness (QED) is 0.720. The van der Waals surface area contributed by atoms with Gasteiger partial charge in [-0.05, 0) is 25.8 Å². The van der Waals surface area contributed by atoms with Gasteiger partial charge in [0.05, 0.1) is 6.10 Å². The normalized spacial score (nSPS) is 11.9. The third-order valence-electron chi connectivity index (χ3n) is 2.38. The van der Waals surface area contributed by atoms with Crippen LogP contribution in [0.4, 0.5) is 4.79 Å². The highest BCUT2D eigenvalue weighted by Gasteiger charge is 2.01. The summed E-state index contributed by atoms with van der Waals surface area (Å²) in [4.78, 5) is 11.3. The van der Waals surface area contributed by atoms with E-state index in [1.807, 2.05) is 6.92 Å². The van der Waals surface area contributed by atoms with E-state index in [0.717, 1.165) is 6.42 Å². The first kappa shape index (κ1) is 13.5. The Kier molecular flexibility index (Phi) is 5.49. The molecule has 0 aliphatic heterocycles. The molecule has 94 valence electrons. The van der Waals surface area contributed by atoms with E-state index in [4.69, 9.17) is 5.11 Å². The van der Waals surface area contributed by atoms with Crippen LogP contribution in [0, 0.1) is 6.92 Å². The Morgan fingerprint density at radius 2 is 1.94 bits per heavy atom. The number of urea groups is 1. The van der Waals surface area contributed by atoms with Crippen LogP contribution in [0.15, 0.2) is 24.3 Å². The first-order chi connectivity index (χ1) is 8.08. The fraction of sp³-hybridized carbons (Fsp3) is 0.462. The smallest absolute Gasteiger partial charge is 0.314 e. The first-order valence-corrected chi connectivity index (χ1v) is 5.83. The van der Waals surface area contributed by atoms with Gasteiger partial charge in [0.2, 0.25) is 0 Å². The number of aryl methyl sites for hydroxylation is 1. The molecule has 2 amide bonds. The third-order valence-corrected chi connectivity index (χ3v) is 2.38. The minimum atomic E-state index is -0.516. The second-order valence-electron chi connectivity index (χ2n) is 4.22. The Bertz CT molecular complexity index is 347. The van der Waals surface area contributed by atoms with Gasteiger partial charge in [-0.25, -0.2) is 4.79 Å². The van der Waals surface area contributed by atoms with Crippen molar-refractivity contribution in [2.75, 3.05) is 13.1 Å². The van der Waals surface area contributed by atoms with Crippen molar-refractivity contribution < 1.29 is 9.90 Å². The third kappa shape index (κ3) is 5.92. The highest BCUT2D eigenvalue weighted by Crippen LogP contribution is 2.02. The maximum atomic E-state index is 11.3. The van der Waals surface area contributed by atoms with Gasteiger partial charge >= 0.3 is 6.03 Å². The van der Waals surface area contributed by atoms with Crippen molar-refractivity contribution in [2.24, 2.45) is 0 Å². The zero-order valence-corrected chi connectivity index (χ0v) is 10.4.